The number of amides is 1. The Balaban J connectivity index is 1.93. The molecule has 9 heteroatoms. The Bertz CT molecular complexity index is 1360. The van der Waals surface area contributed by atoms with Gasteiger partial charge in [-0.05, 0) is 74.9 Å². The van der Waals surface area contributed by atoms with E-state index in [-0.39, 0.29) is 11.3 Å². The summed E-state index contributed by atoms with van der Waals surface area (Å²) in [7, 11) is 7.86. The molecule has 1 amide bonds. The highest BCUT2D eigenvalue weighted by Crippen LogP contribution is 2.36. The normalized spacial score (nSPS) is 12.1. The monoisotopic (exact) mass is 559 g/mol. The molecule has 0 saturated carbocycles. The van der Waals surface area contributed by atoms with Gasteiger partial charge in [-0.15, -0.1) is 0 Å². The number of hydrazine groups is 1. The number of pyridine rings is 1. The van der Waals surface area contributed by atoms with Crippen molar-refractivity contribution in [2.75, 3.05) is 51.7 Å². The van der Waals surface area contributed by atoms with Gasteiger partial charge in [0, 0.05) is 54.9 Å². The molecule has 1 aromatic heterocycles. The van der Waals surface area contributed by atoms with E-state index in [2.05, 4.69) is 68.1 Å². The maximum Gasteiger partial charge on any atom is 0.255 e. The molecule has 5 N–H and O–H groups in total. The van der Waals surface area contributed by atoms with Gasteiger partial charge in [0.15, 0.2) is 0 Å². The number of hydrogen-bond acceptors (Lipinski definition) is 8. The van der Waals surface area contributed by atoms with Gasteiger partial charge in [-0.25, -0.2) is 5.84 Å². The maximum absolute atomic E-state index is 13.6. The van der Waals surface area contributed by atoms with Crippen molar-refractivity contribution >= 4 is 23.0 Å². The summed E-state index contributed by atoms with van der Waals surface area (Å²) in [4.78, 5) is 22.1. The SMILES string of the molecule is COc1c(CN(C)CCN(C)C)cc(C(C)(C)C)cc1NC(=O)c1ccc(C)c(N(N)C=C(N)c2cccnc2)c1. The lowest BCUT2D eigenvalue weighted by molar-refractivity contribution is 0.102. The first-order chi connectivity index (χ1) is 19.3. The van der Waals surface area contributed by atoms with Gasteiger partial charge < -0.3 is 25.6 Å². The topological polar surface area (TPSA) is 113 Å². The van der Waals surface area contributed by atoms with Gasteiger partial charge in [0.1, 0.15) is 5.75 Å². The molecule has 0 aliphatic rings. The van der Waals surface area contributed by atoms with Gasteiger partial charge in [0.05, 0.1) is 24.2 Å². The second-order valence-electron chi connectivity index (χ2n) is 11.7. The molecule has 0 bridgehead atoms. The van der Waals surface area contributed by atoms with Crippen molar-refractivity contribution in [3.63, 3.8) is 0 Å². The number of methoxy groups -OCH3 is 1. The zero-order valence-electron chi connectivity index (χ0n) is 25.7. The zero-order chi connectivity index (χ0) is 30.3. The summed E-state index contributed by atoms with van der Waals surface area (Å²) in [6, 6.07) is 13.3. The second-order valence-corrected chi connectivity index (χ2v) is 11.7. The van der Waals surface area contributed by atoms with Gasteiger partial charge in [0.25, 0.3) is 5.91 Å². The molecule has 0 aliphatic carbocycles. The van der Waals surface area contributed by atoms with Crippen molar-refractivity contribution in [1.29, 1.82) is 0 Å². The lowest BCUT2D eigenvalue weighted by atomic mass is 9.85. The van der Waals surface area contributed by atoms with Crippen LogP contribution in [0.25, 0.3) is 5.70 Å². The third-order valence-corrected chi connectivity index (χ3v) is 6.88. The standard InChI is InChI=1S/C32H45N7O2/c1-22-11-12-23(17-29(22)39(34)21-27(33)24-10-9-13-35-19-24)31(40)36-28-18-26(32(2,3)4)16-25(30(28)41-8)20-38(7)15-14-37(5)6/h9-13,16-19,21H,14-15,20,33-34H2,1-8H3,(H,36,40). The van der Waals surface area contributed by atoms with Crippen LogP contribution in [0, 0.1) is 6.92 Å². The Morgan fingerprint density at radius 3 is 2.41 bits per heavy atom. The minimum atomic E-state index is -0.264. The Morgan fingerprint density at radius 2 is 1.80 bits per heavy atom. The van der Waals surface area contributed by atoms with Crippen molar-refractivity contribution in [3.05, 3.63) is 88.9 Å². The highest BCUT2D eigenvalue weighted by atomic mass is 16.5. The summed E-state index contributed by atoms with van der Waals surface area (Å²) in [5.74, 6) is 6.77. The van der Waals surface area contributed by atoms with E-state index in [1.54, 1.807) is 37.8 Å². The molecule has 0 saturated heterocycles. The van der Waals surface area contributed by atoms with E-state index in [9.17, 15) is 4.79 Å². The van der Waals surface area contributed by atoms with Crippen molar-refractivity contribution in [2.24, 2.45) is 11.6 Å². The van der Waals surface area contributed by atoms with Crippen LogP contribution in [0.2, 0.25) is 0 Å². The van der Waals surface area contributed by atoms with Crippen molar-refractivity contribution < 1.29 is 9.53 Å². The number of aryl methyl sites for hydroxylation is 1. The van der Waals surface area contributed by atoms with Crippen LogP contribution in [0.3, 0.4) is 0 Å². The minimum Gasteiger partial charge on any atom is -0.494 e. The largest absolute Gasteiger partial charge is 0.494 e. The number of rotatable bonds is 11. The minimum absolute atomic E-state index is 0.125. The van der Waals surface area contributed by atoms with Crippen LogP contribution in [-0.4, -0.2) is 62.0 Å². The number of benzene rings is 2. The fourth-order valence-electron chi connectivity index (χ4n) is 4.36. The first kappa shape index (κ1) is 31.6. The van der Waals surface area contributed by atoms with Crippen LogP contribution in [-0.2, 0) is 12.0 Å². The maximum atomic E-state index is 13.6. The molecule has 3 aromatic rings. The fourth-order valence-corrected chi connectivity index (χ4v) is 4.36. The number of carbonyl (C=O) groups is 1. The molecule has 220 valence electrons. The Kier molecular flexibility index (Phi) is 10.5. The van der Waals surface area contributed by atoms with Crippen molar-refractivity contribution in [3.8, 4) is 5.75 Å². The van der Waals surface area contributed by atoms with E-state index in [1.807, 2.05) is 31.2 Å². The van der Waals surface area contributed by atoms with Crippen LogP contribution in [0.4, 0.5) is 11.4 Å². The van der Waals surface area contributed by atoms with Crippen molar-refractivity contribution in [2.45, 2.75) is 39.7 Å². The van der Waals surface area contributed by atoms with Gasteiger partial charge in [-0.2, -0.15) is 0 Å². The Morgan fingerprint density at radius 1 is 1.07 bits per heavy atom. The third kappa shape index (κ3) is 8.53. The van der Waals surface area contributed by atoms with Crippen molar-refractivity contribution in [1.82, 2.24) is 14.8 Å². The summed E-state index contributed by atoms with van der Waals surface area (Å²) in [6.45, 7) is 10.9. The first-order valence-corrected chi connectivity index (χ1v) is 13.7. The van der Waals surface area contributed by atoms with Gasteiger partial charge in [0.2, 0.25) is 0 Å². The molecule has 41 heavy (non-hydrogen) atoms. The summed E-state index contributed by atoms with van der Waals surface area (Å²) < 4.78 is 5.87. The smallest absolute Gasteiger partial charge is 0.255 e. The second kappa shape index (κ2) is 13.6. The molecule has 0 unspecified atom stereocenters. The van der Waals surface area contributed by atoms with Crippen LogP contribution in [0.5, 0.6) is 5.75 Å². The van der Waals surface area contributed by atoms with E-state index in [4.69, 9.17) is 16.3 Å². The van der Waals surface area contributed by atoms with Crippen LogP contribution in [0.1, 0.15) is 53.4 Å². The van der Waals surface area contributed by atoms with Crippen LogP contribution in [0.15, 0.2) is 61.1 Å². The van der Waals surface area contributed by atoms with Crippen LogP contribution >= 0.6 is 0 Å². The number of aromatic nitrogens is 1. The number of carbonyl (C=O) groups excluding carboxylic acids is 1. The number of anilines is 2. The quantitative estimate of drug-likeness (QED) is 0.231. The molecule has 0 spiro atoms. The number of nitrogens with one attached hydrogen (secondary N) is 1. The average molecular weight is 560 g/mol. The summed E-state index contributed by atoms with van der Waals surface area (Å²) in [5, 5.41) is 4.54. The molecule has 0 fully saturated rings. The van der Waals surface area contributed by atoms with E-state index < -0.39 is 0 Å². The Labute approximate surface area is 244 Å². The fraction of sp³-hybridized carbons (Fsp3) is 0.375. The van der Waals surface area contributed by atoms with Gasteiger partial charge >= 0.3 is 0 Å². The number of hydrogen-bond donors (Lipinski definition) is 3. The first-order valence-electron chi connectivity index (χ1n) is 13.7. The number of ether oxygens (including phenoxy) is 1. The Hall–Kier alpha value is -3.92. The predicted octanol–water partition coefficient (Wildman–Crippen LogP) is 4.58. The van der Waals surface area contributed by atoms with E-state index in [1.165, 1.54) is 5.01 Å². The van der Waals surface area contributed by atoms with E-state index in [0.717, 1.165) is 35.3 Å². The average Bonchev–Trinajstić information content (AvgIpc) is 2.91. The lowest BCUT2D eigenvalue weighted by Gasteiger charge is -2.26. The highest BCUT2D eigenvalue weighted by Gasteiger charge is 2.22. The molecule has 0 aliphatic heterocycles. The number of nitrogens with zero attached hydrogens (tertiary/aromatic N) is 4. The summed E-state index contributed by atoms with van der Waals surface area (Å²) >= 11 is 0. The number of likely N-dealkylation sites (N-methyl/N-ethyl adjacent to an activating group) is 2. The molecule has 9 nitrogen and oxygen atoms in total. The van der Waals surface area contributed by atoms with Gasteiger partial charge in [-0.1, -0.05) is 32.9 Å². The predicted molar refractivity (Wildman–Crippen MR) is 169 cm³/mol. The molecule has 1 heterocycles. The van der Waals surface area contributed by atoms with E-state index in [0.29, 0.717) is 34.9 Å². The van der Waals surface area contributed by atoms with Gasteiger partial charge in [-0.3, -0.25) is 14.8 Å². The molecular weight excluding hydrogens is 514 g/mol. The molecule has 3 rings (SSSR count). The van der Waals surface area contributed by atoms with E-state index >= 15 is 0 Å². The summed E-state index contributed by atoms with van der Waals surface area (Å²) in [5.41, 5.74) is 12.1. The number of nitrogens with two attached hydrogens (primary N) is 2. The zero-order valence-corrected chi connectivity index (χ0v) is 25.7. The lowest BCUT2D eigenvalue weighted by Crippen LogP contribution is -2.28. The third-order valence-electron chi connectivity index (χ3n) is 6.88. The molecule has 0 atom stereocenters. The molecule has 2 aromatic carbocycles. The van der Waals surface area contributed by atoms with Crippen LogP contribution < -0.4 is 26.6 Å². The molecule has 0 radical (unpaired) electrons. The molecular formula is C32H45N7O2. The summed E-state index contributed by atoms with van der Waals surface area (Å²) in [6.07, 6.45) is 4.97. The highest BCUT2D eigenvalue weighted by molar-refractivity contribution is 6.06.